The van der Waals surface area contributed by atoms with E-state index >= 15 is 0 Å². The normalized spacial score (nSPS) is 12.4. The van der Waals surface area contributed by atoms with Gasteiger partial charge in [0.1, 0.15) is 5.76 Å². The number of hydrogen-bond acceptors (Lipinski definition) is 3. The quantitative estimate of drug-likeness (QED) is 0.320. The average molecular weight is 298 g/mol. The Morgan fingerprint density at radius 3 is 2.55 bits per heavy atom. The molecule has 0 unspecified atom stereocenters. The minimum Gasteiger partial charge on any atom is -0.497 e. The fourth-order valence-corrected chi connectivity index (χ4v) is 2.30. The van der Waals surface area contributed by atoms with Crippen molar-refractivity contribution in [3.05, 3.63) is 35.5 Å². The van der Waals surface area contributed by atoms with E-state index in [9.17, 15) is 4.79 Å². The lowest BCUT2D eigenvalue weighted by Gasteiger charge is -1.99. The Bertz CT molecular complexity index is 333. The molecule has 0 spiro atoms. The predicted octanol–water partition coefficient (Wildman–Crippen LogP) is 4.76. The lowest BCUT2D eigenvalue weighted by molar-refractivity contribution is -0.137. The Labute approximate surface area is 126 Å². The van der Waals surface area contributed by atoms with E-state index in [-0.39, 0.29) is 0 Å². The van der Waals surface area contributed by atoms with Crippen LogP contribution in [-0.4, -0.2) is 23.9 Å². The molecule has 0 saturated heterocycles. The van der Waals surface area contributed by atoms with E-state index in [2.05, 4.69) is 5.41 Å². The van der Waals surface area contributed by atoms with Crippen molar-refractivity contribution >= 4 is 17.7 Å². The summed E-state index contributed by atoms with van der Waals surface area (Å²) < 4.78 is 5.16. The molecule has 0 bridgehead atoms. The third-order valence-corrected chi connectivity index (χ3v) is 3.53. The van der Waals surface area contributed by atoms with Gasteiger partial charge in [-0.3, -0.25) is 4.79 Å². The van der Waals surface area contributed by atoms with Crippen LogP contribution in [0.15, 0.2) is 35.5 Å². The molecule has 0 saturated carbocycles. The van der Waals surface area contributed by atoms with Gasteiger partial charge in [0.15, 0.2) is 0 Å². The summed E-state index contributed by atoms with van der Waals surface area (Å²) >= 11 is 1.79. The molecule has 3 nitrogen and oxygen atoms in total. The molecule has 0 amide bonds. The molecular weight excluding hydrogens is 272 g/mol. The first-order chi connectivity index (χ1) is 9.70. The molecular formula is C16H26O3S. The van der Waals surface area contributed by atoms with E-state index in [0.717, 1.165) is 30.8 Å². The monoisotopic (exact) mass is 298 g/mol. The van der Waals surface area contributed by atoms with Crippen LogP contribution in [0.4, 0.5) is 0 Å². The Balaban J connectivity index is 3.45. The van der Waals surface area contributed by atoms with Crippen LogP contribution in [0.25, 0.3) is 0 Å². The summed E-state index contributed by atoms with van der Waals surface area (Å²) in [5, 5.41) is 10.6. The highest BCUT2D eigenvalue weighted by Crippen LogP contribution is 2.11. The third kappa shape index (κ3) is 13.3. The van der Waals surface area contributed by atoms with Gasteiger partial charge in [-0.05, 0) is 43.1 Å². The Hall–Kier alpha value is -1.16. The topological polar surface area (TPSA) is 46.5 Å². The van der Waals surface area contributed by atoms with Crippen LogP contribution in [-0.2, 0) is 9.53 Å². The second-order valence-electron chi connectivity index (χ2n) is 4.38. The molecule has 20 heavy (non-hydrogen) atoms. The van der Waals surface area contributed by atoms with Gasteiger partial charge in [0.25, 0.3) is 0 Å². The maximum absolute atomic E-state index is 10.3. The average Bonchev–Trinajstić information content (AvgIpc) is 2.43. The van der Waals surface area contributed by atoms with Crippen LogP contribution < -0.4 is 0 Å². The highest BCUT2D eigenvalue weighted by atomic mass is 32.2. The zero-order valence-corrected chi connectivity index (χ0v) is 13.3. The molecule has 0 atom stereocenters. The van der Waals surface area contributed by atoms with Gasteiger partial charge in [0.2, 0.25) is 0 Å². The lowest BCUT2D eigenvalue weighted by Crippen LogP contribution is -1.93. The van der Waals surface area contributed by atoms with Crippen LogP contribution in [0, 0.1) is 0 Å². The number of carboxylic acids is 1. The summed E-state index contributed by atoms with van der Waals surface area (Å²) in [6, 6.07) is 0. The molecule has 0 heterocycles. The summed E-state index contributed by atoms with van der Waals surface area (Å²) in [5.74, 6) is 1.27. The van der Waals surface area contributed by atoms with Crippen molar-refractivity contribution < 1.29 is 14.6 Å². The fraction of sp³-hybridized carbons (Fsp3) is 0.562. The number of carboxylic acid groups (broad SMARTS) is 1. The smallest absolute Gasteiger partial charge is 0.303 e. The van der Waals surface area contributed by atoms with E-state index in [0.29, 0.717) is 6.42 Å². The predicted molar refractivity (Wildman–Crippen MR) is 86.8 cm³/mol. The van der Waals surface area contributed by atoms with Crippen LogP contribution in [0.1, 0.15) is 45.4 Å². The van der Waals surface area contributed by atoms with Gasteiger partial charge in [-0.2, -0.15) is 0 Å². The number of thioether (sulfide) groups is 1. The van der Waals surface area contributed by atoms with Gasteiger partial charge in [0, 0.05) is 6.42 Å². The third-order valence-electron chi connectivity index (χ3n) is 2.65. The molecule has 4 heteroatoms. The first kappa shape index (κ1) is 18.8. The molecule has 0 aromatic heterocycles. The van der Waals surface area contributed by atoms with Crippen molar-refractivity contribution in [2.45, 2.75) is 45.4 Å². The minimum absolute atomic E-state index is 0.303. The van der Waals surface area contributed by atoms with Gasteiger partial charge in [-0.25, -0.2) is 0 Å². The van der Waals surface area contributed by atoms with Crippen molar-refractivity contribution in [2.75, 3.05) is 12.9 Å². The van der Waals surface area contributed by atoms with E-state index in [4.69, 9.17) is 9.84 Å². The van der Waals surface area contributed by atoms with Crippen molar-refractivity contribution in [1.29, 1.82) is 0 Å². The molecule has 0 radical (unpaired) electrons. The molecule has 0 aliphatic heterocycles. The molecule has 0 aliphatic rings. The number of hydrogen-bond donors (Lipinski definition) is 1. The summed E-state index contributed by atoms with van der Waals surface area (Å²) in [4.78, 5) is 10.3. The molecule has 0 rings (SSSR count). The molecule has 1 N–H and O–H groups in total. The molecule has 0 aromatic carbocycles. The van der Waals surface area contributed by atoms with Crippen molar-refractivity contribution in [3.8, 4) is 0 Å². The van der Waals surface area contributed by atoms with Gasteiger partial charge in [0.05, 0.1) is 7.11 Å². The summed E-state index contributed by atoms with van der Waals surface area (Å²) in [7, 11) is 1.66. The maximum atomic E-state index is 10.3. The second-order valence-corrected chi connectivity index (χ2v) is 5.40. The van der Waals surface area contributed by atoms with Gasteiger partial charge in [-0.15, -0.1) is 11.8 Å². The molecule has 0 aliphatic carbocycles. The first-order valence-corrected chi connectivity index (χ1v) is 8.12. The second kappa shape index (κ2) is 14.3. The van der Waals surface area contributed by atoms with Crippen LogP contribution in [0.3, 0.4) is 0 Å². The molecule has 0 aromatic rings. The Morgan fingerprint density at radius 1 is 1.20 bits per heavy atom. The number of methoxy groups -OCH3 is 1. The number of ether oxygens (including phenoxy) is 1. The molecule has 0 fully saturated rings. The summed E-state index contributed by atoms with van der Waals surface area (Å²) in [6.45, 7) is 1.96. The molecule has 114 valence electrons. The number of aliphatic carboxylic acids is 1. The first-order valence-electron chi connectivity index (χ1n) is 7.07. The Kier molecular flexibility index (Phi) is 13.4. The van der Waals surface area contributed by atoms with Crippen LogP contribution in [0.5, 0.6) is 0 Å². The van der Waals surface area contributed by atoms with Crippen molar-refractivity contribution in [2.24, 2.45) is 0 Å². The highest BCUT2D eigenvalue weighted by Gasteiger charge is 1.96. The number of carbonyl (C=O) groups is 1. The van der Waals surface area contributed by atoms with Crippen LogP contribution in [0.2, 0.25) is 0 Å². The largest absolute Gasteiger partial charge is 0.497 e. The van der Waals surface area contributed by atoms with E-state index in [1.54, 1.807) is 18.9 Å². The van der Waals surface area contributed by atoms with Gasteiger partial charge in [-0.1, -0.05) is 31.4 Å². The zero-order valence-electron chi connectivity index (χ0n) is 12.5. The maximum Gasteiger partial charge on any atom is 0.303 e. The van der Waals surface area contributed by atoms with E-state index in [1.165, 1.54) is 12.8 Å². The lowest BCUT2D eigenvalue weighted by atomic mass is 10.1. The van der Waals surface area contributed by atoms with E-state index in [1.807, 2.05) is 31.2 Å². The Morgan fingerprint density at radius 2 is 1.90 bits per heavy atom. The fourth-order valence-electron chi connectivity index (χ4n) is 1.61. The SMILES string of the molecule is C\C=C/C(=C\C=C\SCCCCCCCC(=O)O)OC. The van der Waals surface area contributed by atoms with Crippen molar-refractivity contribution in [1.82, 2.24) is 0 Å². The number of unbranched alkanes of at least 4 members (excludes halogenated alkanes) is 4. The van der Waals surface area contributed by atoms with Crippen LogP contribution >= 0.6 is 11.8 Å². The highest BCUT2D eigenvalue weighted by molar-refractivity contribution is 8.02. The van der Waals surface area contributed by atoms with E-state index < -0.39 is 5.97 Å². The van der Waals surface area contributed by atoms with Gasteiger partial charge >= 0.3 is 5.97 Å². The minimum atomic E-state index is -0.688. The summed E-state index contributed by atoms with van der Waals surface area (Å²) in [5.41, 5.74) is 0. The zero-order chi connectivity index (χ0) is 15.1. The summed E-state index contributed by atoms with van der Waals surface area (Å²) in [6.07, 6.45) is 13.4. The standard InChI is InChI=1S/C16H26O3S/c1-3-10-15(19-2)11-9-14-20-13-8-6-4-5-7-12-16(17)18/h3,9-11,14H,4-8,12-13H2,1-2H3,(H,17,18)/b10-3-,14-9+,15-11+. The number of rotatable bonds is 12. The van der Waals surface area contributed by atoms with Gasteiger partial charge < -0.3 is 9.84 Å². The van der Waals surface area contributed by atoms with Crippen molar-refractivity contribution in [3.63, 3.8) is 0 Å². The number of allylic oxidation sites excluding steroid dienone is 4.